The molecular weight excluding hydrogens is 208 g/mol. The second-order valence-corrected chi connectivity index (χ2v) is 3.61. The van der Waals surface area contributed by atoms with Crippen LogP contribution in [-0.4, -0.2) is 9.38 Å². The SMILES string of the molecule is Sc1c(-c2ccco2)nc2ccccn12. The first-order valence-corrected chi connectivity index (χ1v) is 5.01. The van der Waals surface area contributed by atoms with Crippen LogP contribution in [0.5, 0.6) is 0 Å². The van der Waals surface area contributed by atoms with E-state index in [1.54, 1.807) is 6.26 Å². The van der Waals surface area contributed by atoms with Crippen LogP contribution in [0, 0.1) is 0 Å². The highest BCUT2D eigenvalue weighted by Crippen LogP contribution is 2.26. The summed E-state index contributed by atoms with van der Waals surface area (Å²) in [6.45, 7) is 0. The minimum atomic E-state index is 0.740. The van der Waals surface area contributed by atoms with E-state index in [-0.39, 0.29) is 0 Å². The van der Waals surface area contributed by atoms with Crippen molar-refractivity contribution in [1.29, 1.82) is 0 Å². The molecule has 0 aliphatic carbocycles. The monoisotopic (exact) mass is 216 g/mol. The van der Waals surface area contributed by atoms with Crippen LogP contribution in [0.15, 0.2) is 52.2 Å². The van der Waals surface area contributed by atoms with Crippen molar-refractivity contribution in [1.82, 2.24) is 9.38 Å². The number of hydrogen-bond donors (Lipinski definition) is 1. The molecule has 0 spiro atoms. The van der Waals surface area contributed by atoms with Crippen molar-refractivity contribution in [2.45, 2.75) is 5.03 Å². The Labute approximate surface area is 91.8 Å². The first-order valence-electron chi connectivity index (χ1n) is 4.56. The van der Waals surface area contributed by atoms with Gasteiger partial charge in [0.1, 0.15) is 16.4 Å². The van der Waals surface area contributed by atoms with E-state index >= 15 is 0 Å². The second-order valence-electron chi connectivity index (χ2n) is 3.19. The van der Waals surface area contributed by atoms with E-state index in [1.807, 2.05) is 40.9 Å². The summed E-state index contributed by atoms with van der Waals surface area (Å²) < 4.78 is 7.22. The topological polar surface area (TPSA) is 30.4 Å². The Balaban J connectivity index is 2.33. The molecule has 0 unspecified atom stereocenters. The third kappa shape index (κ3) is 1.26. The number of nitrogens with zero attached hydrogens (tertiary/aromatic N) is 2. The number of aromatic nitrogens is 2. The van der Waals surface area contributed by atoms with Crippen molar-refractivity contribution < 1.29 is 4.42 Å². The molecule has 15 heavy (non-hydrogen) atoms. The van der Waals surface area contributed by atoms with Crippen LogP contribution < -0.4 is 0 Å². The smallest absolute Gasteiger partial charge is 0.155 e. The van der Waals surface area contributed by atoms with Gasteiger partial charge in [-0.3, -0.25) is 4.40 Å². The fourth-order valence-electron chi connectivity index (χ4n) is 1.56. The molecule has 3 nitrogen and oxygen atoms in total. The van der Waals surface area contributed by atoms with Gasteiger partial charge in [-0.25, -0.2) is 4.98 Å². The predicted octanol–water partition coefficient (Wildman–Crippen LogP) is 2.88. The lowest BCUT2D eigenvalue weighted by Gasteiger charge is -1.93. The summed E-state index contributed by atoms with van der Waals surface area (Å²) in [4.78, 5) is 4.45. The Bertz CT molecular complexity index is 598. The van der Waals surface area contributed by atoms with Crippen molar-refractivity contribution in [3.05, 3.63) is 42.8 Å². The first kappa shape index (κ1) is 8.61. The van der Waals surface area contributed by atoms with E-state index in [2.05, 4.69) is 17.6 Å². The zero-order chi connectivity index (χ0) is 10.3. The number of furan rings is 1. The summed E-state index contributed by atoms with van der Waals surface area (Å²) in [5.74, 6) is 0.740. The molecular formula is C11H8N2OS. The molecule has 0 bridgehead atoms. The zero-order valence-corrected chi connectivity index (χ0v) is 8.69. The van der Waals surface area contributed by atoms with Gasteiger partial charge in [-0.2, -0.15) is 0 Å². The lowest BCUT2D eigenvalue weighted by Crippen LogP contribution is -1.81. The third-order valence-corrected chi connectivity index (χ3v) is 2.69. The van der Waals surface area contributed by atoms with Crippen molar-refractivity contribution in [2.24, 2.45) is 0 Å². The van der Waals surface area contributed by atoms with E-state index in [0.29, 0.717) is 0 Å². The molecule has 0 atom stereocenters. The van der Waals surface area contributed by atoms with Crippen LogP contribution in [0.4, 0.5) is 0 Å². The summed E-state index contributed by atoms with van der Waals surface area (Å²) >= 11 is 4.44. The van der Waals surface area contributed by atoms with E-state index < -0.39 is 0 Å². The maximum atomic E-state index is 5.31. The van der Waals surface area contributed by atoms with Crippen LogP contribution in [0.3, 0.4) is 0 Å². The molecule has 74 valence electrons. The molecule has 0 saturated carbocycles. The average molecular weight is 216 g/mol. The molecule has 0 fully saturated rings. The Morgan fingerprint density at radius 3 is 2.87 bits per heavy atom. The van der Waals surface area contributed by atoms with Crippen molar-refractivity contribution in [3.63, 3.8) is 0 Å². The molecule has 3 heterocycles. The second kappa shape index (κ2) is 3.17. The van der Waals surface area contributed by atoms with E-state index in [1.165, 1.54) is 0 Å². The fraction of sp³-hybridized carbons (Fsp3) is 0. The van der Waals surface area contributed by atoms with Crippen LogP contribution in [0.2, 0.25) is 0 Å². The van der Waals surface area contributed by atoms with Crippen LogP contribution in [0.1, 0.15) is 0 Å². The Morgan fingerprint density at radius 1 is 1.20 bits per heavy atom. The van der Waals surface area contributed by atoms with Gasteiger partial charge in [0.2, 0.25) is 0 Å². The minimum absolute atomic E-state index is 0.740. The summed E-state index contributed by atoms with van der Waals surface area (Å²) in [6.07, 6.45) is 3.56. The quantitative estimate of drug-likeness (QED) is 0.634. The number of thiol groups is 1. The van der Waals surface area contributed by atoms with Gasteiger partial charge in [0.15, 0.2) is 5.76 Å². The largest absolute Gasteiger partial charge is 0.463 e. The highest BCUT2D eigenvalue weighted by Gasteiger charge is 2.12. The van der Waals surface area contributed by atoms with E-state index in [0.717, 1.165) is 22.1 Å². The molecule has 4 heteroatoms. The normalized spacial score (nSPS) is 11.0. The Kier molecular flexibility index (Phi) is 1.82. The molecule has 3 rings (SSSR count). The minimum Gasteiger partial charge on any atom is -0.463 e. The van der Waals surface area contributed by atoms with Crippen LogP contribution >= 0.6 is 12.6 Å². The molecule has 3 aromatic heterocycles. The van der Waals surface area contributed by atoms with E-state index in [9.17, 15) is 0 Å². The predicted molar refractivity (Wildman–Crippen MR) is 60.1 cm³/mol. The number of imidazole rings is 1. The Morgan fingerprint density at radius 2 is 2.13 bits per heavy atom. The molecule has 0 N–H and O–H groups in total. The molecule has 0 aromatic carbocycles. The van der Waals surface area contributed by atoms with Crippen molar-refractivity contribution in [2.75, 3.05) is 0 Å². The number of pyridine rings is 1. The maximum Gasteiger partial charge on any atom is 0.155 e. The van der Waals surface area contributed by atoms with Crippen molar-refractivity contribution >= 4 is 18.3 Å². The van der Waals surface area contributed by atoms with Crippen LogP contribution in [-0.2, 0) is 0 Å². The van der Waals surface area contributed by atoms with Gasteiger partial charge in [0.05, 0.1) is 6.26 Å². The maximum absolute atomic E-state index is 5.31. The summed E-state index contributed by atoms with van der Waals surface area (Å²) in [5.41, 5.74) is 1.64. The van der Waals surface area contributed by atoms with Gasteiger partial charge in [0.25, 0.3) is 0 Å². The third-order valence-electron chi connectivity index (χ3n) is 2.26. The van der Waals surface area contributed by atoms with E-state index in [4.69, 9.17) is 4.42 Å². The number of fused-ring (bicyclic) bond motifs is 1. The Hall–Kier alpha value is -1.68. The van der Waals surface area contributed by atoms with Gasteiger partial charge in [0, 0.05) is 6.20 Å². The average Bonchev–Trinajstić information content (AvgIpc) is 2.87. The summed E-state index contributed by atoms with van der Waals surface area (Å²) in [5, 5.41) is 0.792. The number of rotatable bonds is 1. The van der Waals surface area contributed by atoms with Crippen molar-refractivity contribution in [3.8, 4) is 11.5 Å². The van der Waals surface area contributed by atoms with Gasteiger partial charge in [-0.05, 0) is 24.3 Å². The number of hydrogen-bond acceptors (Lipinski definition) is 3. The summed E-state index contributed by atoms with van der Waals surface area (Å²) in [6, 6.07) is 9.54. The lowest BCUT2D eigenvalue weighted by atomic mass is 10.3. The molecule has 0 amide bonds. The fourth-order valence-corrected chi connectivity index (χ4v) is 1.89. The standard InChI is InChI=1S/C11H8N2OS/c15-11-10(8-4-3-7-14-8)12-9-5-1-2-6-13(9)11/h1-7,15H. The zero-order valence-electron chi connectivity index (χ0n) is 7.79. The molecule has 0 aliphatic heterocycles. The molecule has 0 aliphatic rings. The highest BCUT2D eigenvalue weighted by atomic mass is 32.1. The van der Waals surface area contributed by atoms with Crippen LogP contribution in [0.25, 0.3) is 17.1 Å². The van der Waals surface area contributed by atoms with Gasteiger partial charge >= 0.3 is 0 Å². The molecule has 0 radical (unpaired) electrons. The summed E-state index contributed by atoms with van der Waals surface area (Å²) in [7, 11) is 0. The van der Waals surface area contributed by atoms with Gasteiger partial charge in [-0.1, -0.05) is 6.07 Å². The first-order chi connectivity index (χ1) is 7.36. The molecule has 0 saturated heterocycles. The lowest BCUT2D eigenvalue weighted by molar-refractivity contribution is 0.579. The van der Waals surface area contributed by atoms with Gasteiger partial charge in [-0.15, -0.1) is 12.6 Å². The van der Waals surface area contributed by atoms with Gasteiger partial charge < -0.3 is 4.42 Å². The highest BCUT2D eigenvalue weighted by molar-refractivity contribution is 7.80. The molecule has 3 aromatic rings.